The van der Waals surface area contributed by atoms with E-state index in [1.54, 1.807) is 13.0 Å². The molecule has 11 heteroatoms. The summed E-state index contributed by atoms with van der Waals surface area (Å²) >= 11 is 0. The van der Waals surface area contributed by atoms with Gasteiger partial charge in [0.1, 0.15) is 18.4 Å². The van der Waals surface area contributed by atoms with Gasteiger partial charge in [-0.3, -0.25) is 13.9 Å². The molecule has 0 spiro atoms. The Hall–Kier alpha value is -3.34. The van der Waals surface area contributed by atoms with Crippen LogP contribution in [0.25, 0.3) is 0 Å². The Morgan fingerprint density at radius 3 is 2.31 bits per heavy atom. The van der Waals surface area contributed by atoms with Crippen LogP contribution in [0.5, 0.6) is 11.5 Å². The maximum Gasteiger partial charge on any atom is 0.244 e. The van der Waals surface area contributed by atoms with Crippen molar-refractivity contribution in [3.05, 3.63) is 53.8 Å². The highest BCUT2D eigenvalue weighted by atomic mass is 32.2. The summed E-state index contributed by atoms with van der Waals surface area (Å²) in [4.78, 5) is 28.1. The lowest BCUT2D eigenvalue weighted by Crippen LogP contribution is -2.55. The van der Waals surface area contributed by atoms with E-state index in [1.165, 1.54) is 41.3 Å². The first-order valence-electron chi connectivity index (χ1n) is 11.5. The predicted octanol–water partition coefficient (Wildman–Crippen LogP) is 3.04. The maximum atomic E-state index is 13.7. The predicted molar refractivity (Wildman–Crippen MR) is 134 cm³/mol. The zero-order chi connectivity index (χ0) is 26.7. The first kappa shape index (κ1) is 27.3. The normalized spacial score (nSPS) is 13.7. The molecule has 0 saturated carbocycles. The number of carbonyl (C=O) groups is 2. The molecule has 1 aliphatic rings. The number of benzene rings is 2. The van der Waals surface area contributed by atoms with Crippen molar-refractivity contribution in [2.45, 2.75) is 52.2 Å². The lowest BCUT2D eigenvalue weighted by molar-refractivity contribution is -0.141. The summed E-state index contributed by atoms with van der Waals surface area (Å²) < 4.78 is 50.5. The second-order valence-electron chi connectivity index (χ2n) is 9.62. The molecule has 1 heterocycles. The highest BCUT2D eigenvalue weighted by Gasteiger charge is 2.33. The topological polar surface area (TPSA) is 105 Å². The Balaban J connectivity index is 1.95. The van der Waals surface area contributed by atoms with E-state index in [1.807, 2.05) is 20.8 Å². The summed E-state index contributed by atoms with van der Waals surface area (Å²) in [6, 6.07) is 9.29. The summed E-state index contributed by atoms with van der Waals surface area (Å²) in [5.41, 5.74) is 0.283. The Morgan fingerprint density at radius 1 is 1.08 bits per heavy atom. The molecule has 9 nitrogen and oxygen atoms in total. The van der Waals surface area contributed by atoms with Crippen molar-refractivity contribution < 1.29 is 31.9 Å². The van der Waals surface area contributed by atoms with Crippen molar-refractivity contribution in [1.82, 2.24) is 10.2 Å². The molecule has 0 radical (unpaired) electrons. The molecule has 3 rings (SSSR count). The molecule has 2 aromatic carbocycles. The molecule has 2 aromatic rings. The van der Waals surface area contributed by atoms with Crippen LogP contribution in [-0.4, -0.2) is 56.3 Å². The zero-order valence-electron chi connectivity index (χ0n) is 21.1. The molecule has 1 aliphatic heterocycles. The van der Waals surface area contributed by atoms with Gasteiger partial charge in [-0.2, -0.15) is 0 Å². The Bertz CT molecular complexity index is 1210. The van der Waals surface area contributed by atoms with Crippen LogP contribution in [0.2, 0.25) is 0 Å². The Labute approximate surface area is 211 Å². The third kappa shape index (κ3) is 6.87. The number of amides is 2. The van der Waals surface area contributed by atoms with Gasteiger partial charge in [-0.25, -0.2) is 12.8 Å². The van der Waals surface area contributed by atoms with Crippen molar-refractivity contribution in [2.75, 3.05) is 23.9 Å². The second kappa shape index (κ2) is 10.7. The molecule has 0 saturated heterocycles. The molecular weight excluding hydrogens is 489 g/mol. The first-order chi connectivity index (χ1) is 16.8. The monoisotopic (exact) mass is 521 g/mol. The van der Waals surface area contributed by atoms with E-state index in [9.17, 15) is 22.4 Å². The SMILES string of the molecule is CCC(C(=O)NC(C)(C)C)N(Cc1ccc(F)cc1)C(=O)CN(c1ccc2c(c1)OCO2)S(C)(=O)=O. The van der Waals surface area contributed by atoms with Crippen molar-refractivity contribution in [1.29, 1.82) is 0 Å². The fourth-order valence-electron chi connectivity index (χ4n) is 3.81. The molecule has 36 heavy (non-hydrogen) atoms. The Kier molecular flexibility index (Phi) is 8.12. The number of fused-ring (bicyclic) bond motifs is 1. The second-order valence-corrected chi connectivity index (χ2v) is 11.5. The quantitative estimate of drug-likeness (QED) is 0.544. The summed E-state index contributed by atoms with van der Waals surface area (Å²) in [6.07, 6.45) is 1.29. The molecule has 196 valence electrons. The van der Waals surface area contributed by atoms with E-state index in [2.05, 4.69) is 5.32 Å². The van der Waals surface area contributed by atoms with Crippen LogP contribution in [0, 0.1) is 5.82 Å². The lowest BCUT2D eigenvalue weighted by atomic mass is 10.1. The molecule has 1 unspecified atom stereocenters. The highest BCUT2D eigenvalue weighted by molar-refractivity contribution is 7.92. The van der Waals surface area contributed by atoms with Gasteiger partial charge in [0.25, 0.3) is 0 Å². The smallest absolute Gasteiger partial charge is 0.244 e. The van der Waals surface area contributed by atoms with Crippen LogP contribution in [0.1, 0.15) is 39.7 Å². The zero-order valence-corrected chi connectivity index (χ0v) is 21.9. The van der Waals surface area contributed by atoms with E-state index >= 15 is 0 Å². The minimum Gasteiger partial charge on any atom is -0.454 e. The van der Waals surface area contributed by atoms with Gasteiger partial charge in [-0.15, -0.1) is 0 Å². The molecule has 0 aliphatic carbocycles. The van der Waals surface area contributed by atoms with Gasteiger partial charge in [0.05, 0.1) is 11.9 Å². The summed E-state index contributed by atoms with van der Waals surface area (Å²) in [6.45, 7) is 6.72. The number of anilines is 1. The molecular formula is C25H32FN3O6S. The molecule has 0 fully saturated rings. The highest BCUT2D eigenvalue weighted by Crippen LogP contribution is 2.36. The molecule has 2 amide bonds. The summed E-state index contributed by atoms with van der Waals surface area (Å²) in [5, 5.41) is 2.89. The molecule has 0 aromatic heterocycles. The number of nitrogens with one attached hydrogen (secondary N) is 1. The van der Waals surface area contributed by atoms with Crippen LogP contribution < -0.4 is 19.1 Å². The summed E-state index contributed by atoms with van der Waals surface area (Å²) in [7, 11) is -3.88. The van der Waals surface area contributed by atoms with Gasteiger partial charge in [0, 0.05) is 18.2 Å². The Morgan fingerprint density at radius 2 is 1.72 bits per heavy atom. The van der Waals surface area contributed by atoms with Crippen molar-refractivity contribution in [3.8, 4) is 11.5 Å². The van der Waals surface area contributed by atoms with Crippen molar-refractivity contribution >= 4 is 27.5 Å². The number of carbonyl (C=O) groups excluding carboxylic acids is 2. The summed E-state index contributed by atoms with van der Waals surface area (Å²) in [5.74, 6) is -0.540. The third-order valence-electron chi connectivity index (χ3n) is 5.47. The van der Waals surface area contributed by atoms with Crippen molar-refractivity contribution in [3.63, 3.8) is 0 Å². The number of ether oxygens (including phenoxy) is 2. The van der Waals surface area contributed by atoms with E-state index < -0.39 is 39.9 Å². The minimum absolute atomic E-state index is 0.00603. The maximum absolute atomic E-state index is 13.7. The van der Waals surface area contributed by atoms with Crippen LogP contribution in [-0.2, 0) is 26.2 Å². The number of sulfonamides is 1. The molecule has 1 N–H and O–H groups in total. The molecule has 0 bridgehead atoms. The number of nitrogens with zero attached hydrogens (tertiary/aromatic N) is 2. The van der Waals surface area contributed by atoms with Gasteiger partial charge < -0.3 is 19.7 Å². The van der Waals surface area contributed by atoms with Crippen LogP contribution in [0.3, 0.4) is 0 Å². The van der Waals surface area contributed by atoms with Crippen LogP contribution >= 0.6 is 0 Å². The fourth-order valence-corrected chi connectivity index (χ4v) is 4.65. The van der Waals surface area contributed by atoms with E-state index in [-0.39, 0.29) is 31.4 Å². The number of rotatable bonds is 9. The van der Waals surface area contributed by atoms with Gasteiger partial charge >= 0.3 is 0 Å². The van der Waals surface area contributed by atoms with Gasteiger partial charge in [-0.1, -0.05) is 19.1 Å². The van der Waals surface area contributed by atoms with E-state index in [0.717, 1.165) is 10.6 Å². The van der Waals surface area contributed by atoms with Crippen LogP contribution in [0.15, 0.2) is 42.5 Å². The van der Waals surface area contributed by atoms with Crippen LogP contribution in [0.4, 0.5) is 10.1 Å². The largest absolute Gasteiger partial charge is 0.454 e. The standard InChI is InChI=1S/C25H32FN3O6S/c1-6-20(24(31)27-25(2,3)4)28(14-17-7-9-18(26)10-8-17)23(30)15-29(36(5,32)33)19-11-12-21-22(13-19)35-16-34-21/h7-13,20H,6,14-16H2,1-5H3,(H,27,31). The third-order valence-corrected chi connectivity index (χ3v) is 6.61. The van der Waals surface area contributed by atoms with Gasteiger partial charge in [-0.05, 0) is 57.0 Å². The number of halogens is 1. The van der Waals surface area contributed by atoms with E-state index in [0.29, 0.717) is 17.1 Å². The average Bonchev–Trinajstić information content (AvgIpc) is 3.24. The number of hydrogen-bond donors (Lipinski definition) is 1. The fraction of sp³-hybridized carbons (Fsp3) is 0.440. The lowest BCUT2D eigenvalue weighted by Gasteiger charge is -2.34. The number of hydrogen-bond acceptors (Lipinski definition) is 6. The average molecular weight is 522 g/mol. The minimum atomic E-state index is -3.88. The first-order valence-corrected chi connectivity index (χ1v) is 13.4. The van der Waals surface area contributed by atoms with E-state index in [4.69, 9.17) is 9.47 Å². The van der Waals surface area contributed by atoms with Crippen molar-refractivity contribution in [2.24, 2.45) is 0 Å². The van der Waals surface area contributed by atoms with Gasteiger partial charge in [0.2, 0.25) is 28.6 Å². The van der Waals surface area contributed by atoms with Gasteiger partial charge in [0.15, 0.2) is 11.5 Å². The molecule has 1 atom stereocenters.